The molecule has 1 aromatic heterocycles. The number of carbonyl (C=O) groups is 2. The lowest BCUT2D eigenvalue weighted by Gasteiger charge is -2.23. The first-order chi connectivity index (χ1) is 12.0. The van der Waals surface area contributed by atoms with E-state index in [1.165, 1.54) is 11.3 Å². The van der Waals surface area contributed by atoms with Crippen molar-refractivity contribution in [1.82, 2.24) is 4.98 Å². The average Bonchev–Trinajstić information content (AvgIpc) is 3.30. The molecule has 2 aliphatic rings. The summed E-state index contributed by atoms with van der Waals surface area (Å²) in [7, 11) is 0. The number of carbonyl (C=O) groups excluding carboxylic acids is 1. The maximum absolute atomic E-state index is 12.7. The molecule has 2 aromatic rings. The van der Waals surface area contributed by atoms with Gasteiger partial charge in [0, 0.05) is 16.0 Å². The highest BCUT2D eigenvalue weighted by molar-refractivity contribution is 7.14. The van der Waals surface area contributed by atoms with Crippen LogP contribution in [0.3, 0.4) is 0 Å². The summed E-state index contributed by atoms with van der Waals surface area (Å²) >= 11 is 7.21. The molecule has 2 bridgehead atoms. The number of benzene rings is 1. The minimum atomic E-state index is -0.905. The average molecular weight is 375 g/mol. The predicted octanol–water partition coefficient (Wildman–Crippen LogP) is 3.92. The summed E-state index contributed by atoms with van der Waals surface area (Å²) in [5, 5.41) is 15.2. The molecular formula is C18H15ClN2O3S. The largest absolute Gasteiger partial charge is 0.481 e. The molecule has 4 rings (SSSR count). The number of hydrogen-bond acceptors (Lipinski definition) is 4. The van der Waals surface area contributed by atoms with Crippen molar-refractivity contribution in [3.8, 4) is 11.3 Å². The van der Waals surface area contributed by atoms with Crippen LogP contribution in [0.5, 0.6) is 0 Å². The minimum absolute atomic E-state index is 0.00166. The van der Waals surface area contributed by atoms with Crippen molar-refractivity contribution in [2.24, 2.45) is 23.7 Å². The topological polar surface area (TPSA) is 79.3 Å². The lowest BCUT2D eigenvalue weighted by molar-refractivity contribution is -0.146. The number of thiazole rings is 1. The Kier molecular flexibility index (Phi) is 4.09. The maximum atomic E-state index is 12.7. The number of rotatable bonds is 4. The van der Waals surface area contributed by atoms with Crippen LogP contribution in [0.2, 0.25) is 5.02 Å². The zero-order valence-corrected chi connectivity index (χ0v) is 14.6. The van der Waals surface area contributed by atoms with E-state index in [1.54, 1.807) is 12.1 Å². The normalized spacial score (nSPS) is 26.8. The zero-order chi connectivity index (χ0) is 17.6. The van der Waals surface area contributed by atoms with Crippen LogP contribution in [-0.4, -0.2) is 22.0 Å². The molecule has 4 atom stereocenters. The van der Waals surface area contributed by atoms with Crippen molar-refractivity contribution in [2.45, 2.75) is 6.42 Å². The number of hydrogen-bond donors (Lipinski definition) is 2. The van der Waals surface area contributed by atoms with Gasteiger partial charge in [-0.05, 0) is 30.4 Å². The Bertz CT molecular complexity index is 861. The highest BCUT2D eigenvalue weighted by Gasteiger charge is 2.51. The first kappa shape index (κ1) is 16.3. The smallest absolute Gasteiger partial charge is 0.307 e. The standard InChI is InChI=1S/C18H15ClN2O3S/c19-12-5-3-9(4-6-12)13-8-25-18(20-13)21-16(22)14-10-1-2-11(7-10)15(14)17(23)24/h1-6,8,10-11,14-15H,7H2,(H,23,24)(H,20,21,22)/t10-,11+,14-,15+/m0/s1. The van der Waals surface area contributed by atoms with Crippen LogP contribution in [0, 0.1) is 23.7 Å². The van der Waals surface area contributed by atoms with Crippen LogP contribution in [-0.2, 0) is 9.59 Å². The van der Waals surface area contributed by atoms with E-state index in [0.717, 1.165) is 17.7 Å². The second kappa shape index (κ2) is 6.28. The molecule has 2 aliphatic carbocycles. The number of aromatic nitrogens is 1. The van der Waals surface area contributed by atoms with E-state index in [2.05, 4.69) is 10.3 Å². The fraction of sp³-hybridized carbons (Fsp3) is 0.278. The van der Waals surface area contributed by atoms with E-state index < -0.39 is 17.8 Å². The van der Waals surface area contributed by atoms with E-state index in [9.17, 15) is 14.7 Å². The number of allylic oxidation sites excluding steroid dienone is 2. The molecular weight excluding hydrogens is 360 g/mol. The molecule has 0 radical (unpaired) electrons. The Morgan fingerprint density at radius 1 is 1.16 bits per heavy atom. The number of aliphatic carboxylic acids is 1. The van der Waals surface area contributed by atoms with Gasteiger partial charge in [-0.2, -0.15) is 0 Å². The molecule has 0 spiro atoms. The first-order valence-electron chi connectivity index (χ1n) is 7.96. The van der Waals surface area contributed by atoms with E-state index in [1.807, 2.05) is 29.7 Å². The molecule has 25 heavy (non-hydrogen) atoms. The zero-order valence-electron chi connectivity index (χ0n) is 13.1. The first-order valence-corrected chi connectivity index (χ1v) is 9.22. The second-order valence-corrected chi connectivity index (χ2v) is 7.67. The molecule has 1 amide bonds. The number of carboxylic acids is 1. The highest BCUT2D eigenvalue weighted by Crippen LogP contribution is 2.48. The molecule has 0 aliphatic heterocycles. The van der Waals surface area contributed by atoms with Gasteiger partial charge in [-0.25, -0.2) is 4.98 Å². The Balaban J connectivity index is 1.51. The number of fused-ring (bicyclic) bond motifs is 2. The molecule has 128 valence electrons. The monoisotopic (exact) mass is 374 g/mol. The Labute approximate surface area is 153 Å². The molecule has 2 N–H and O–H groups in total. The molecule has 1 saturated carbocycles. The molecule has 7 heteroatoms. The summed E-state index contributed by atoms with van der Waals surface area (Å²) in [4.78, 5) is 28.6. The van der Waals surface area contributed by atoms with E-state index in [0.29, 0.717) is 10.2 Å². The fourth-order valence-electron chi connectivity index (χ4n) is 3.79. The van der Waals surface area contributed by atoms with Gasteiger partial charge in [-0.15, -0.1) is 11.3 Å². The third-order valence-corrected chi connectivity index (χ3v) is 5.93. The number of amides is 1. The van der Waals surface area contributed by atoms with Gasteiger partial charge in [-0.1, -0.05) is 35.9 Å². The molecule has 1 aromatic carbocycles. The van der Waals surface area contributed by atoms with E-state index in [4.69, 9.17) is 11.6 Å². The van der Waals surface area contributed by atoms with Crippen LogP contribution >= 0.6 is 22.9 Å². The van der Waals surface area contributed by atoms with Gasteiger partial charge < -0.3 is 10.4 Å². The second-order valence-electron chi connectivity index (χ2n) is 6.37. The van der Waals surface area contributed by atoms with Gasteiger partial charge in [0.2, 0.25) is 5.91 Å². The van der Waals surface area contributed by atoms with Crippen LogP contribution in [0.25, 0.3) is 11.3 Å². The van der Waals surface area contributed by atoms with Crippen molar-refractivity contribution in [2.75, 3.05) is 5.32 Å². The molecule has 0 unspecified atom stereocenters. The number of anilines is 1. The third kappa shape index (κ3) is 2.96. The number of halogens is 1. The maximum Gasteiger partial charge on any atom is 0.307 e. The van der Waals surface area contributed by atoms with Gasteiger partial charge in [0.15, 0.2) is 5.13 Å². The minimum Gasteiger partial charge on any atom is -0.481 e. The molecule has 1 fully saturated rings. The van der Waals surface area contributed by atoms with Crippen molar-refractivity contribution >= 4 is 39.9 Å². The lowest BCUT2D eigenvalue weighted by Crippen LogP contribution is -2.36. The van der Waals surface area contributed by atoms with Crippen molar-refractivity contribution in [1.29, 1.82) is 0 Å². The van der Waals surface area contributed by atoms with E-state index >= 15 is 0 Å². The van der Waals surface area contributed by atoms with Crippen LogP contribution in [0.1, 0.15) is 6.42 Å². The fourth-order valence-corrected chi connectivity index (χ4v) is 4.64. The Morgan fingerprint density at radius 2 is 1.84 bits per heavy atom. The van der Waals surface area contributed by atoms with Crippen molar-refractivity contribution < 1.29 is 14.7 Å². The molecule has 5 nitrogen and oxygen atoms in total. The van der Waals surface area contributed by atoms with Gasteiger partial charge in [0.05, 0.1) is 17.5 Å². The van der Waals surface area contributed by atoms with Gasteiger partial charge in [0.25, 0.3) is 0 Å². The van der Waals surface area contributed by atoms with Gasteiger partial charge >= 0.3 is 5.97 Å². The third-order valence-electron chi connectivity index (χ3n) is 4.92. The Morgan fingerprint density at radius 3 is 2.52 bits per heavy atom. The number of nitrogens with zero attached hydrogens (tertiary/aromatic N) is 1. The quantitative estimate of drug-likeness (QED) is 0.795. The summed E-state index contributed by atoms with van der Waals surface area (Å²) in [6.45, 7) is 0. The van der Waals surface area contributed by atoms with E-state index in [-0.39, 0.29) is 17.7 Å². The van der Waals surface area contributed by atoms with Crippen molar-refractivity contribution in [3.63, 3.8) is 0 Å². The SMILES string of the molecule is O=C(Nc1nc(-c2ccc(Cl)cc2)cs1)[C@@H]1[C@H](C(=O)O)[C@@H]2C=C[C@H]1C2. The predicted molar refractivity (Wildman–Crippen MR) is 96.5 cm³/mol. The van der Waals surface area contributed by atoms with Gasteiger partial charge in [-0.3, -0.25) is 9.59 Å². The molecule has 1 heterocycles. The number of nitrogens with one attached hydrogen (secondary N) is 1. The molecule has 0 saturated heterocycles. The lowest BCUT2D eigenvalue weighted by atomic mass is 9.82. The Hall–Kier alpha value is -2.18. The highest BCUT2D eigenvalue weighted by atomic mass is 35.5. The summed E-state index contributed by atoms with van der Waals surface area (Å²) in [6, 6.07) is 7.30. The summed E-state index contributed by atoms with van der Waals surface area (Å²) in [5.74, 6) is -2.39. The van der Waals surface area contributed by atoms with Gasteiger partial charge in [0.1, 0.15) is 0 Å². The summed E-state index contributed by atoms with van der Waals surface area (Å²) in [6.07, 6.45) is 4.63. The summed E-state index contributed by atoms with van der Waals surface area (Å²) in [5.41, 5.74) is 1.66. The van der Waals surface area contributed by atoms with Crippen LogP contribution in [0.4, 0.5) is 5.13 Å². The summed E-state index contributed by atoms with van der Waals surface area (Å²) < 4.78 is 0. The van der Waals surface area contributed by atoms with Crippen molar-refractivity contribution in [3.05, 3.63) is 46.8 Å². The van der Waals surface area contributed by atoms with Crippen LogP contribution < -0.4 is 5.32 Å². The van der Waals surface area contributed by atoms with Crippen LogP contribution in [0.15, 0.2) is 41.8 Å². The number of carboxylic acid groups (broad SMARTS) is 1.